The second-order valence-electron chi connectivity index (χ2n) is 3.46. The van der Waals surface area contributed by atoms with Gasteiger partial charge >= 0.3 is 0 Å². The van der Waals surface area contributed by atoms with Crippen molar-refractivity contribution in [3.05, 3.63) is 16.5 Å². The first kappa shape index (κ1) is 11.4. The molecule has 1 aromatic heterocycles. The lowest BCUT2D eigenvalue weighted by Gasteiger charge is -2.25. The van der Waals surface area contributed by atoms with Crippen LogP contribution in [0.25, 0.3) is 0 Å². The molecule has 3 nitrogen and oxygen atoms in total. The van der Waals surface area contributed by atoms with E-state index in [4.69, 9.17) is 0 Å². The van der Waals surface area contributed by atoms with Gasteiger partial charge in [0.05, 0.1) is 4.47 Å². The summed E-state index contributed by atoms with van der Waals surface area (Å²) >= 11 is 3.46. The molecule has 1 unspecified atom stereocenters. The van der Waals surface area contributed by atoms with Crippen LogP contribution in [0.15, 0.2) is 10.7 Å². The highest BCUT2D eigenvalue weighted by Gasteiger charge is 2.12. The standard InChI is InChI=1S/C10H16BrN3/c1-5-7(2)14(4)10-9(11)6-12-8(3)13-10/h6-7H,5H2,1-4H3. The zero-order valence-corrected chi connectivity index (χ0v) is 10.7. The molecule has 0 fully saturated rings. The Labute approximate surface area is 93.7 Å². The number of hydrogen-bond acceptors (Lipinski definition) is 3. The summed E-state index contributed by atoms with van der Waals surface area (Å²) in [5.74, 6) is 1.77. The Morgan fingerprint density at radius 1 is 1.57 bits per heavy atom. The van der Waals surface area contributed by atoms with E-state index in [0.717, 1.165) is 22.5 Å². The minimum absolute atomic E-state index is 0.487. The zero-order valence-electron chi connectivity index (χ0n) is 9.08. The van der Waals surface area contributed by atoms with Crippen LogP contribution < -0.4 is 4.90 Å². The quantitative estimate of drug-likeness (QED) is 0.834. The largest absolute Gasteiger partial charge is 0.356 e. The Kier molecular flexibility index (Phi) is 3.86. The van der Waals surface area contributed by atoms with Gasteiger partial charge in [0.15, 0.2) is 0 Å². The number of halogens is 1. The van der Waals surface area contributed by atoms with Gasteiger partial charge < -0.3 is 4.90 Å². The summed E-state index contributed by atoms with van der Waals surface area (Å²) < 4.78 is 0.950. The molecule has 1 atom stereocenters. The van der Waals surface area contributed by atoms with E-state index in [-0.39, 0.29) is 0 Å². The van der Waals surface area contributed by atoms with Gasteiger partial charge in [-0.1, -0.05) is 6.92 Å². The van der Waals surface area contributed by atoms with Crippen molar-refractivity contribution < 1.29 is 0 Å². The lowest BCUT2D eigenvalue weighted by atomic mass is 10.2. The smallest absolute Gasteiger partial charge is 0.146 e. The van der Waals surface area contributed by atoms with Crippen molar-refractivity contribution in [3.63, 3.8) is 0 Å². The van der Waals surface area contributed by atoms with Gasteiger partial charge in [0.1, 0.15) is 11.6 Å². The third-order valence-corrected chi connectivity index (χ3v) is 2.99. The molecule has 1 aromatic rings. The number of anilines is 1. The van der Waals surface area contributed by atoms with E-state index in [0.29, 0.717) is 6.04 Å². The summed E-state index contributed by atoms with van der Waals surface area (Å²) in [6, 6.07) is 0.487. The second-order valence-corrected chi connectivity index (χ2v) is 4.31. The van der Waals surface area contributed by atoms with Gasteiger partial charge in [-0.25, -0.2) is 9.97 Å². The fraction of sp³-hybridized carbons (Fsp3) is 0.600. The molecule has 1 rings (SSSR count). The summed E-state index contributed by atoms with van der Waals surface area (Å²) in [5, 5.41) is 0. The molecular weight excluding hydrogens is 242 g/mol. The van der Waals surface area contributed by atoms with Crippen molar-refractivity contribution >= 4 is 21.7 Å². The average molecular weight is 258 g/mol. The van der Waals surface area contributed by atoms with E-state index >= 15 is 0 Å². The molecule has 4 heteroatoms. The molecule has 0 amide bonds. The predicted molar refractivity (Wildman–Crippen MR) is 62.6 cm³/mol. The Hall–Kier alpha value is -0.640. The van der Waals surface area contributed by atoms with Gasteiger partial charge in [0, 0.05) is 19.3 Å². The SMILES string of the molecule is CCC(C)N(C)c1nc(C)ncc1Br. The fourth-order valence-corrected chi connectivity index (χ4v) is 1.64. The molecule has 0 saturated heterocycles. The number of hydrogen-bond donors (Lipinski definition) is 0. The topological polar surface area (TPSA) is 29.0 Å². The first-order valence-corrected chi connectivity index (χ1v) is 5.57. The zero-order chi connectivity index (χ0) is 10.7. The van der Waals surface area contributed by atoms with Crippen molar-refractivity contribution in [2.75, 3.05) is 11.9 Å². The van der Waals surface area contributed by atoms with E-state index in [1.54, 1.807) is 6.20 Å². The van der Waals surface area contributed by atoms with Crippen LogP contribution >= 0.6 is 15.9 Å². The molecule has 0 aromatic carbocycles. The maximum absolute atomic E-state index is 4.41. The first-order chi connectivity index (χ1) is 6.56. The van der Waals surface area contributed by atoms with Gasteiger partial charge in [-0.05, 0) is 36.2 Å². The molecule has 0 bridgehead atoms. The molecule has 1 heterocycles. The monoisotopic (exact) mass is 257 g/mol. The van der Waals surface area contributed by atoms with Gasteiger partial charge in [0.25, 0.3) is 0 Å². The number of aromatic nitrogens is 2. The highest BCUT2D eigenvalue weighted by Crippen LogP contribution is 2.23. The van der Waals surface area contributed by atoms with Crippen LogP contribution in [0.5, 0.6) is 0 Å². The first-order valence-electron chi connectivity index (χ1n) is 4.78. The minimum atomic E-state index is 0.487. The molecule has 0 aliphatic carbocycles. The minimum Gasteiger partial charge on any atom is -0.356 e. The molecule has 0 aliphatic rings. The highest BCUT2D eigenvalue weighted by atomic mass is 79.9. The van der Waals surface area contributed by atoms with Gasteiger partial charge in [-0.2, -0.15) is 0 Å². The van der Waals surface area contributed by atoms with Crippen molar-refractivity contribution in [2.24, 2.45) is 0 Å². The molecule has 0 radical (unpaired) electrons. The van der Waals surface area contributed by atoms with Crippen LogP contribution in [0.4, 0.5) is 5.82 Å². The molecule has 78 valence electrons. The number of rotatable bonds is 3. The lowest BCUT2D eigenvalue weighted by Crippen LogP contribution is -2.29. The van der Waals surface area contributed by atoms with E-state index in [9.17, 15) is 0 Å². The Morgan fingerprint density at radius 3 is 2.79 bits per heavy atom. The van der Waals surface area contributed by atoms with E-state index < -0.39 is 0 Å². The van der Waals surface area contributed by atoms with Gasteiger partial charge in [-0.3, -0.25) is 0 Å². The molecular formula is C10H16BrN3. The van der Waals surface area contributed by atoms with E-state index in [1.807, 2.05) is 6.92 Å². The third-order valence-electron chi connectivity index (χ3n) is 2.43. The maximum atomic E-state index is 4.41. The molecule has 0 saturated carbocycles. The van der Waals surface area contributed by atoms with Crippen molar-refractivity contribution in [2.45, 2.75) is 33.2 Å². The summed E-state index contributed by atoms with van der Waals surface area (Å²) in [6.07, 6.45) is 2.91. The van der Waals surface area contributed by atoms with Crippen LogP contribution in [-0.4, -0.2) is 23.1 Å². The van der Waals surface area contributed by atoms with Gasteiger partial charge in [-0.15, -0.1) is 0 Å². The number of aryl methyl sites for hydroxylation is 1. The highest BCUT2D eigenvalue weighted by molar-refractivity contribution is 9.10. The molecule has 0 aliphatic heterocycles. The van der Waals surface area contributed by atoms with Crippen LogP contribution in [0, 0.1) is 6.92 Å². The Bertz CT molecular complexity index is 314. The lowest BCUT2D eigenvalue weighted by molar-refractivity contribution is 0.653. The molecule has 14 heavy (non-hydrogen) atoms. The summed E-state index contributed by atoms with van der Waals surface area (Å²) in [5.41, 5.74) is 0. The van der Waals surface area contributed by atoms with Gasteiger partial charge in [0.2, 0.25) is 0 Å². The van der Waals surface area contributed by atoms with Crippen molar-refractivity contribution in [3.8, 4) is 0 Å². The third kappa shape index (κ3) is 2.44. The van der Waals surface area contributed by atoms with Crippen LogP contribution in [-0.2, 0) is 0 Å². The summed E-state index contributed by atoms with van der Waals surface area (Å²) in [7, 11) is 2.06. The summed E-state index contributed by atoms with van der Waals surface area (Å²) in [4.78, 5) is 10.7. The van der Waals surface area contributed by atoms with Crippen LogP contribution in [0.2, 0.25) is 0 Å². The Balaban J connectivity index is 2.99. The molecule has 0 spiro atoms. The van der Waals surface area contributed by atoms with E-state index in [2.05, 4.69) is 51.7 Å². The maximum Gasteiger partial charge on any atom is 0.146 e. The Morgan fingerprint density at radius 2 is 2.21 bits per heavy atom. The van der Waals surface area contributed by atoms with Crippen LogP contribution in [0.3, 0.4) is 0 Å². The molecule has 0 N–H and O–H groups in total. The number of nitrogens with zero attached hydrogens (tertiary/aromatic N) is 3. The summed E-state index contributed by atoms with van der Waals surface area (Å²) in [6.45, 7) is 6.26. The fourth-order valence-electron chi connectivity index (χ4n) is 1.17. The second kappa shape index (κ2) is 4.73. The van der Waals surface area contributed by atoms with Crippen molar-refractivity contribution in [1.29, 1.82) is 0 Å². The van der Waals surface area contributed by atoms with E-state index in [1.165, 1.54) is 0 Å². The van der Waals surface area contributed by atoms with Crippen LogP contribution in [0.1, 0.15) is 26.1 Å². The predicted octanol–water partition coefficient (Wildman–Crippen LogP) is 2.78. The normalized spacial score (nSPS) is 12.6. The van der Waals surface area contributed by atoms with Crippen molar-refractivity contribution in [1.82, 2.24) is 9.97 Å². The average Bonchev–Trinajstić information content (AvgIpc) is 2.19.